The number of rotatable bonds is 8. The van der Waals surface area contributed by atoms with Crippen LogP contribution in [0.25, 0.3) is 22.0 Å². The van der Waals surface area contributed by atoms with E-state index < -0.39 is 0 Å². The average molecular weight is 552 g/mol. The van der Waals surface area contributed by atoms with Gasteiger partial charge in [0.05, 0.1) is 28.5 Å². The van der Waals surface area contributed by atoms with Crippen LogP contribution in [0.3, 0.4) is 0 Å². The number of ether oxygens (including phenoxy) is 1. The normalized spacial score (nSPS) is 15.2. The van der Waals surface area contributed by atoms with Crippen molar-refractivity contribution in [2.24, 2.45) is 0 Å². The van der Waals surface area contributed by atoms with Gasteiger partial charge in [0.25, 0.3) is 0 Å². The van der Waals surface area contributed by atoms with Gasteiger partial charge >= 0.3 is 0 Å². The molecule has 3 N–H and O–H groups in total. The summed E-state index contributed by atoms with van der Waals surface area (Å²) in [4.78, 5) is 19.8. The fourth-order valence-corrected chi connectivity index (χ4v) is 5.98. The Morgan fingerprint density at radius 3 is 2.73 bits per heavy atom. The van der Waals surface area contributed by atoms with Crippen LogP contribution >= 0.6 is 11.3 Å². The molecule has 40 heavy (non-hydrogen) atoms. The lowest BCUT2D eigenvalue weighted by molar-refractivity contribution is 0.466. The van der Waals surface area contributed by atoms with Crippen LogP contribution in [0.15, 0.2) is 60.9 Å². The number of nitrogens with zero attached hydrogens (tertiary/aromatic N) is 4. The Morgan fingerprint density at radius 2 is 1.90 bits per heavy atom. The van der Waals surface area contributed by atoms with Crippen molar-refractivity contribution in [1.29, 1.82) is 0 Å². The molecule has 6 rings (SSSR count). The first-order valence-electron chi connectivity index (χ1n) is 13.7. The summed E-state index contributed by atoms with van der Waals surface area (Å²) in [6.07, 6.45) is 5.77. The van der Waals surface area contributed by atoms with Crippen LogP contribution in [-0.4, -0.2) is 39.1 Å². The Balaban J connectivity index is 1.30. The van der Waals surface area contributed by atoms with Crippen molar-refractivity contribution in [3.05, 3.63) is 82.1 Å². The minimum atomic E-state index is 0.318. The molecule has 0 spiro atoms. The van der Waals surface area contributed by atoms with Gasteiger partial charge < -0.3 is 20.7 Å². The molecule has 2 aromatic carbocycles. The first-order chi connectivity index (χ1) is 19.5. The van der Waals surface area contributed by atoms with Crippen LogP contribution in [0.5, 0.6) is 11.6 Å². The molecule has 204 valence electrons. The first kappa shape index (κ1) is 26.2. The van der Waals surface area contributed by atoms with Crippen LogP contribution in [0, 0.1) is 20.8 Å². The summed E-state index contributed by atoms with van der Waals surface area (Å²) < 4.78 is 6.60. The molecule has 9 heteroatoms. The van der Waals surface area contributed by atoms with Gasteiger partial charge in [-0.25, -0.2) is 19.9 Å². The lowest BCUT2D eigenvalue weighted by Gasteiger charge is -2.23. The minimum absolute atomic E-state index is 0.318. The number of piperidine rings is 1. The van der Waals surface area contributed by atoms with Crippen LogP contribution in [0.1, 0.15) is 34.0 Å². The summed E-state index contributed by atoms with van der Waals surface area (Å²) in [5.41, 5.74) is 4.73. The van der Waals surface area contributed by atoms with Gasteiger partial charge in [-0.1, -0.05) is 24.3 Å². The maximum Gasteiger partial charge on any atom is 0.228 e. The fraction of sp³-hybridized carbons (Fsp3) is 0.290. The molecule has 4 heterocycles. The molecule has 0 bridgehead atoms. The number of anilines is 2. The highest BCUT2D eigenvalue weighted by atomic mass is 32.1. The maximum absolute atomic E-state index is 6.60. The Hall–Kier alpha value is -4.08. The average Bonchev–Trinajstić information content (AvgIpc) is 3.30. The molecule has 1 atom stereocenters. The zero-order valence-electron chi connectivity index (χ0n) is 23.0. The highest BCUT2D eigenvalue weighted by Gasteiger charge is 2.17. The zero-order chi connectivity index (χ0) is 27.5. The summed E-state index contributed by atoms with van der Waals surface area (Å²) in [7, 11) is 0. The van der Waals surface area contributed by atoms with E-state index in [1.807, 2.05) is 25.1 Å². The molecule has 0 saturated carbocycles. The van der Waals surface area contributed by atoms with Crippen molar-refractivity contribution >= 4 is 33.7 Å². The Kier molecular flexibility index (Phi) is 7.57. The second kappa shape index (κ2) is 11.6. The molecule has 5 aromatic rings. The second-order valence-corrected chi connectivity index (χ2v) is 11.5. The molecule has 1 fully saturated rings. The number of aromatic nitrogens is 4. The van der Waals surface area contributed by atoms with E-state index in [9.17, 15) is 0 Å². The van der Waals surface area contributed by atoms with Crippen molar-refractivity contribution in [2.75, 3.05) is 23.7 Å². The smallest absolute Gasteiger partial charge is 0.228 e. The molecular formula is C31H33N7OS. The van der Waals surface area contributed by atoms with E-state index in [2.05, 4.69) is 75.1 Å². The van der Waals surface area contributed by atoms with Gasteiger partial charge in [0.15, 0.2) is 0 Å². The highest BCUT2D eigenvalue weighted by Crippen LogP contribution is 2.38. The van der Waals surface area contributed by atoms with Gasteiger partial charge in [-0.05, 0) is 70.0 Å². The van der Waals surface area contributed by atoms with Gasteiger partial charge in [-0.15, -0.1) is 11.3 Å². The lowest BCUT2D eigenvalue weighted by Crippen LogP contribution is -2.38. The summed E-state index contributed by atoms with van der Waals surface area (Å²) in [6.45, 7) is 8.87. The van der Waals surface area contributed by atoms with Crippen LogP contribution in [0.2, 0.25) is 0 Å². The number of pyridine rings is 1. The van der Waals surface area contributed by atoms with Crippen molar-refractivity contribution in [3.63, 3.8) is 0 Å². The van der Waals surface area contributed by atoms with Crippen molar-refractivity contribution in [1.82, 2.24) is 25.3 Å². The minimum Gasteiger partial charge on any atom is -0.437 e. The number of aryl methyl sites for hydroxylation is 3. The van der Waals surface area contributed by atoms with E-state index in [-0.39, 0.29) is 0 Å². The van der Waals surface area contributed by atoms with Crippen LogP contribution in [0.4, 0.5) is 11.6 Å². The third kappa shape index (κ3) is 5.61. The third-order valence-corrected chi connectivity index (χ3v) is 8.11. The van der Waals surface area contributed by atoms with Gasteiger partial charge in [0.1, 0.15) is 5.75 Å². The molecule has 1 unspecified atom stereocenters. The number of fused-ring (bicyclic) bond motifs is 1. The monoisotopic (exact) mass is 551 g/mol. The standard InChI is InChI=1S/C31H33N7OS/c1-19-11-12-23-24(8-4-10-26(23)35-18-28-20(2)40-21(3)36-28)29(19)39-30-25(9-6-15-33-30)27-13-16-34-31(38-27)37-22-7-5-14-32-17-22/h4,6,8-13,15-16,22,32,35H,5,7,14,17-18H2,1-3H3,(H,34,37,38). The Morgan fingerprint density at radius 1 is 0.975 bits per heavy atom. The van der Waals surface area contributed by atoms with Crippen molar-refractivity contribution in [3.8, 4) is 22.9 Å². The summed E-state index contributed by atoms with van der Waals surface area (Å²) >= 11 is 1.73. The molecule has 0 aliphatic carbocycles. The maximum atomic E-state index is 6.60. The lowest BCUT2D eigenvalue weighted by atomic mass is 10.0. The van der Waals surface area contributed by atoms with E-state index in [0.29, 0.717) is 24.4 Å². The first-order valence-corrected chi connectivity index (χ1v) is 14.5. The number of hydrogen-bond acceptors (Lipinski definition) is 9. The molecule has 1 saturated heterocycles. The summed E-state index contributed by atoms with van der Waals surface area (Å²) in [5.74, 6) is 1.90. The number of hydrogen-bond donors (Lipinski definition) is 3. The van der Waals surface area contributed by atoms with Gasteiger partial charge in [-0.2, -0.15) is 0 Å². The van der Waals surface area contributed by atoms with Gasteiger partial charge in [0.2, 0.25) is 11.8 Å². The largest absolute Gasteiger partial charge is 0.437 e. The van der Waals surface area contributed by atoms with E-state index in [4.69, 9.17) is 9.72 Å². The highest BCUT2D eigenvalue weighted by molar-refractivity contribution is 7.11. The predicted octanol–water partition coefficient (Wildman–Crippen LogP) is 6.64. The van der Waals surface area contributed by atoms with E-state index >= 15 is 0 Å². The molecule has 0 amide bonds. The molecule has 1 aliphatic heterocycles. The number of benzene rings is 2. The van der Waals surface area contributed by atoms with Gasteiger partial charge in [-0.3, -0.25) is 0 Å². The van der Waals surface area contributed by atoms with Crippen molar-refractivity contribution < 1.29 is 4.74 Å². The summed E-state index contributed by atoms with van der Waals surface area (Å²) in [6, 6.07) is 16.6. The molecule has 1 aliphatic rings. The van der Waals surface area contributed by atoms with E-state index in [1.165, 1.54) is 4.88 Å². The van der Waals surface area contributed by atoms with Crippen LogP contribution < -0.4 is 20.7 Å². The molecule has 8 nitrogen and oxygen atoms in total. The Labute approximate surface area is 238 Å². The number of thiazole rings is 1. The third-order valence-electron chi connectivity index (χ3n) is 7.19. The summed E-state index contributed by atoms with van der Waals surface area (Å²) in [5, 5.41) is 13.7. The number of nitrogens with one attached hydrogen (secondary N) is 3. The SMILES string of the molecule is Cc1nc(CNc2cccc3c(Oc4ncccc4-c4ccnc(NC5CCCNC5)n4)c(C)ccc23)c(C)s1. The van der Waals surface area contributed by atoms with E-state index in [1.54, 1.807) is 23.7 Å². The van der Waals surface area contributed by atoms with E-state index in [0.717, 1.165) is 75.7 Å². The fourth-order valence-electron chi connectivity index (χ4n) is 5.14. The van der Waals surface area contributed by atoms with Gasteiger partial charge in [0, 0.05) is 46.3 Å². The topological polar surface area (TPSA) is 96.9 Å². The van der Waals surface area contributed by atoms with Crippen molar-refractivity contribution in [2.45, 2.75) is 46.2 Å². The second-order valence-electron chi connectivity index (χ2n) is 10.1. The zero-order valence-corrected chi connectivity index (χ0v) is 23.8. The molecule has 0 radical (unpaired) electrons. The quantitative estimate of drug-likeness (QED) is 0.197. The molecular weight excluding hydrogens is 518 g/mol. The Bertz CT molecular complexity index is 1640. The van der Waals surface area contributed by atoms with Crippen LogP contribution in [-0.2, 0) is 6.54 Å². The predicted molar refractivity (Wildman–Crippen MR) is 162 cm³/mol. The molecule has 3 aromatic heterocycles.